The van der Waals surface area contributed by atoms with Gasteiger partial charge in [-0.1, -0.05) is 30.3 Å². The molecule has 92 valence electrons. The number of carbonyl (C=O) groups is 2. The number of amides is 1. The average molecular weight is 241 g/mol. The van der Waals surface area contributed by atoms with E-state index in [1.807, 2.05) is 43.3 Å². The van der Waals surface area contributed by atoms with Gasteiger partial charge in [0.1, 0.15) is 5.78 Å². The quantitative estimate of drug-likeness (QED) is 0.839. The number of anilines is 1. The number of hydrogen-bond acceptors (Lipinski definition) is 2. The summed E-state index contributed by atoms with van der Waals surface area (Å²) in [5.74, 6) is -0.402. The van der Waals surface area contributed by atoms with Crippen LogP contribution in [0.2, 0.25) is 0 Å². The van der Waals surface area contributed by atoms with Crippen molar-refractivity contribution in [2.45, 2.75) is 20.3 Å². The van der Waals surface area contributed by atoms with Crippen molar-refractivity contribution < 1.29 is 9.59 Å². The van der Waals surface area contributed by atoms with Gasteiger partial charge in [-0.2, -0.15) is 0 Å². The third kappa shape index (κ3) is 2.56. The molecule has 0 saturated heterocycles. The summed E-state index contributed by atoms with van der Waals surface area (Å²) in [4.78, 5) is 22.5. The summed E-state index contributed by atoms with van der Waals surface area (Å²) in [6.45, 7) is 3.44. The molecule has 3 heteroatoms. The molecule has 0 unspecified atom stereocenters. The topological polar surface area (TPSA) is 46.2 Å². The van der Waals surface area contributed by atoms with Crippen molar-refractivity contribution in [3.8, 4) is 0 Å². The van der Waals surface area contributed by atoms with Crippen molar-refractivity contribution in [3.05, 3.63) is 42.0 Å². The number of rotatable bonds is 3. The summed E-state index contributed by atoms with van der Waals surface area (Å²) < 4.78 is 0. The molecule has 0 bridgehead atoms. The van der Waals surface area contributed by atoms with Gasteiger partial charge in [0.2, 0.25) is 5.91 Å². The fourth-order valence-corrected chi connectivity index (χ4v) is 2.00. The van der Waals surface area contributed by atoms with Gasteiger partial charge in [0.05, 0.1) is 6.42 Å². The molecule has 0 aliphatic rings. The maximum absolute atomic E-state index is 11.6. The van der Waals surface area contributed by atoms with Crippen molar-refractivity contribution in [2.75, 3.05) is 5.32 Å². The molecule has 0 aliphatic heterocycles. The zero-order valence-electron chi connectivity index (χ0n) is 10.5. The van der Waals surface area contributed by atoms with E-state index in [-0.39, 0.29) is 18.1 Å². The van der Waals surface area contributed by atoms with E-state index >= 15 is 0 Å². The van der Waals surface area contributed by atoms with E-state index in [2.05, 4.69) is 5.32 Å². The Morgan fingerprint density at radius 3 is 2.44 bits per heavy atom. The maximum Gasteiger partial charge on any atom is 0.231 e. The van der Waals surface area contributed by atoms with Gasteiger partial charge in [-0.3, -0.25) is 9.59 Å². The van der Waals surface area contributed by atoms with Crippen LogP contribution in [-0.2, 0) is 9.59 Å². The summed E-state index contributed by atoms with van der Waals surface area (Å²) in [5, 5.41) is 4.89. The Labute approximate surface area is 106 Å². The highest BCUT2D eigenvalue weighted by atomic mass is 16.2. The van der Waals surface area contributed by atoms with E-state index < -0.39 is 0 Å². The van der Waals surface area contributed by atoms with Crippen molar-refractivity contribution in [1.29, 1.82) is 0 Å². The molecule has 3 nitrogen and oxygen atoms in total. The highest BCUT2D eigenvalue weighted by Gasteiger charge is 2.08. The van der Waals surface area contributed by atoms with E-state index in [0.717, 1.165) is 22.0 Å². The van der Waals surface area contributed by atoms with Crippen LogP contribution in [0.15, 0.2) is 36.4 Å². The largest absolute Gasteiger partial charge is 0.325 e. The molecule has 0 saturated carbocycles. The van der Waals surface area contributed by atoms with Crippen LogP contribution in [0.5, 0.6) is 0 Å². The van der Waals surface area contributed by atoms with Gasteiger partial charge in [0, 0.05) is 11.1 Å². The average Bonchev–Trinajstić information content (AvgIpc) is 2.29. The lowest BCUT2D eigenvalue weighted by atomic mass is 10.0. The second-order valence-corrected chi connectivity index (χ2v) is 4.40. The van der Waals surface area contributed by atoms with Gasteiger partial charge >= 0.3 is 0 Å². The SMILES string of the molecule is CC(=O)CC(=O)Nc1cccc2c(C)cccc12. The lowest BCUT2D eigenvalue weighted by Crippen LogP contribution is -2.14. The molecule has 0 aromatic heterocycles. The Hall–Kier alpha value is -2.16. The summed E-state index contributed by atoms with van der Waals surface area (Å²) in [6.07, 6.45) is -0.0811. The third-order valence-corrected chi connectivity index (χ3v) is 2.82. The third-order valence-electron chi connectivity index (χ3n) is 2.82. The first-order valence-corrected chi connectivity index (χ1v) is 5.85. The number of fused-ring (bicyclic) bond motifs is 1. The van der Waals surface area contributed by atoms with E-state index in [9.17, 15) is 9.59 Å². The van der Waals surface area contributed by atoms with Gasteiger partial charge in [-0.15, -0.1) is 0 Å². The molecule has 2 rings (SSSR count). The first-order valence-electron chi connectivity index (χ1n) is 5.85. The molecule has 0 fully saturated rings. The normalized spacial score (nSPS) is 10.3. The van der Waals surface area contributed by atoms with Crippen LogP contribution in [0.4, 0.5) is 5.69 Å². The first-order chi connectivity index (χ1) is 8.58. The number of carbonyl (C=O) groups excluding carboxylic acids is 2. The predicted octanol–water partition coefficient (Wildman–Crippen LogP) is 3.07. The Bertz CT molecular complexity index is 617. The fraction of sp³-hybridized carbons (Fsp3) is 0.200. The van der Waals surface area contributed by atoms with Gasteiger partial charge in [0.15, 0.2) is 0 Å². The molecule has 1 amide bonds. The zero-order chi connectivity index (χ0) is 13.1. The Morgan fingerprint density at radius 2 is 1.72 bits per heavy atom. The van der Waals surface area contributed by atoms with E-state index in [1.54, 1.807) is 0 Å². The van der Waals surface area contributed by atoms with Gasteiger partial charge < -0.3 is 5.32 Å². The van der Waals surface area contributed by atoms with Gasteiger partial charge in [-0.05, 0) is 30.9 Å². The molecular weight excluding hydrogens is 226 g/mol. The monoisotopic (exact) mass is 241 g/mol. The molecule has 2 aromatic carbocycles. The van der Waals surface area contributed by atoms with Crippen molar-refractivity contribution in [1.82, 2.24) is 0 Å². The summed E-state index contributed by atoms with van der Waals surface area (Å²) in [5.41, 5.74) is 1.91. The molecule has 0 radical (unpaired) electrons. The lowest BCUT2D eigenvalue weighted by Gasteiger charge is -2.09. The van der Waals surface area contributed by atoms with Crippen LogP contribution in [0.1, 0.15) is 18.9 Å². The number of hydrogen-bond donors (Lipinski definition) is 1. The van der Waals surface area contributed by atoms with E-state index in [1.165, 1.54) is 6.92 Å². The van der Waals surface area contributed by atoms with Crippen LogP contribution in [0, 0.1) is 6.92 Å². The number of ketones is 1. The Kier molecular flexibility index (Phi) is 3.42. The van der Waals surface area contributed by atoms with E-state index in [4.69, 9.17) is 0 Å². The van der Waals surface area contributed by atoms with Gasteiger partial charge in [-0.25, -0.2) is 0 Å². The number of Topliss-reactive ketones (excluding diaryl/α,β-unsaturated/α-hetero) is 1. The summed E-state index contributed by atoms with van der Waals surface area (Å²) in [7, 11) is 0. The van der Waals surface area contributed by atoms with Gasteiger partial charge in [0.25, 0.3) is 0 Å². The summed E-state index contributed by atoms with van der Waals surface area (Å²) in [6, 6.07) is 11.7. The lowest BCUT2D eigenvalue weighted by molar-refractivity contribution is -0.124. The molecule has 18 heavy (non-hydrogen) atoms. The number of nitrogens with one attached hydrogen (secondary N) is 1. The van der Waals surface area contributed by atoms with Crippen LogP contribution >= 0.6 is 0 Å². The molecule has 0 spiro atoms. The zero-order valence-corrected chi connectivity index (χ0v) is 10.5. The smallest absolute Gasteiger partial charge is 0.231 e. The van der Waals surface area contributed by atoms with Crippen LogP contribution in [-0.4, -0.2) is 11.7 Å². The molecule has 2 aromatic rings. The van der Waals surface area contributed by atoms with Crippen LogP contribution in [0.25, 0.3) is 10.8 Å². The van der Waals surface area contributed by atoms with Crippen LogP contribution < -0.4 is 5.32 Å². The standard InChI is InChI=1S/C15H15NO2/c1-10-5-3-7-13-12(10)6-4-8-14(13)16-15(18)9-11(2)17/h3-8H,9H2,1-2H3,(H,16,18). The molecule has 0 atom stereocenters. The molecule has 1 N–H and O–H groups in total. The summed E-state index contributed by atoms with van der Waals surface area (Å²) >= 11 is 0. The maximum atomic E-state index is 11.6. The highest BCUT2D eigenvalue weighted by Crippen LogP contribution is 2.25. The predicted molar refractivity (Wildman–Crippen MR) is 72.6 cm³/mol. The second-order valence-electron chi connectivity index (χ2n) is 4.40. The van der Waals surface area contributed by atoms with Crippen molar-refractivity contribution in [3.63, 3.8) is 0 Å². The first kappa shape index (κ1) is 12.3. The minimum absolute atomic E-state index is 0.0811. The highest BCUT2D eigenvalue weighted by molar-refractivity contribution is 6.08. The fourth-order valence-electron chi connectivity index (χ4n) is 2.00. The number of aryl methyl sites for hydroxylation is 1. The van der Waals surface area contributed by atoms with Crippen molar-refractivity contribution in [2.24, 2.45) is 0 Å². The molecule has 0 heterocycles. The minimum Gasteiger partial charge on any atom is -0.325 e. The van der Waals surface area contributed by atoms with E-state index in [0.29, 0.717) is 0 Å². The minimum atomic E-state index is -0.267. The Balaban J connectivity index is 2.37. The Morgan fingerprint density at radius 1 is 1.06 bits per heavy atom. The van der Waals surface area contributed by atoms with Crippen molar-refractivity contribution >= 4 is 28.2 Å². The molecule has 0 aliphatic carbocycles. The second kappa shape index (κ2) is 5.00. The van der Waals surface area contributed by atoms with Crippen LogP contribution in [0.3, 0.4) is 0 Å². The number of benzene rings is 2. The molecular formula is C15H15NO2.